The zero-order valence-electron chi connectivity index (χ0n) is 14.6. The van der Waals surface area contributed by atoms with E-state index in [4.69, 9.17) is 4.74 Å². The molecule has 1 atom stereocenters. The Morgan fingerprint density at radius 3 is 2.55 bits per heavy atom. The molecule has 0 radical (unpaired) electrons. The van der Waals surface area contributed by atoms with E-state index in [-0.39, 0.29) is 6.09 Å². The molecule has 22 heavy (non-hydrogen) atoms. The number of alkyl carbamates (subject to hydrolysis) is 1. The van der Waals surface area contributed by atoms with Crippen LogP contribution in [0.4, 0.5) is 4.79 Å². The number of aryl methyl sites for hydroxylation is 1. The molecule has 0 saturated heterocycles. The van der Waals surface area contributed by atoms with Crippen molar-refractivity contribution in [3.63, 3.8) is 0 Å². The predicted molar refractivity (Wildman–Crippen MR) is 87.6 cm³/mol. The Bertz CT molecular complexity index is 463. The van der Waals surface area contributed by atoms with Gasteiger partial charge in [0.05, 0.1) is 6.20 Å². The van der Waals surface area contributed by atoms with Crippen molar-refractivity contribution < 1.29 is 9.53 Å². The van der Waals surface area contributed by atoms with Gasteiger partial charge in [-0.15, -0.1) is 0 Å². The highest BCUT2D eigenvalue weighted by molar-refractivity contribution is 5.67. The largest absolute Gasteiger partial charge is 0.444 e. The lowest BCUT2D eigenvalue weighted by atomic mass is 9.95. The Balaban J connectivity index is 2.36. The molecule has 1 rings (SSSR count). The van der Waals surface area contributed by atoms with E-state index in [1.54, 1.807) is 0 Å². The van der Waals surface area contributed by atoms with Gasteiger partial charge in [0, 0.05) is 30.9 Å². The quantitative estimate of drug-likeness (QED) is 0.723. The van der Waals surface area contributed by atoms with Crippen LogP contribution in [0, 0.1) is 18.8 Å². The van der Waals surface area contributed by atoms with E-state index in [1.165, 1.54) is 5.56 Å². The molecule has 0 fully saturated rings. The van der Waals surface area contributed by atoms with Crippen LogP contribution in [-0.2, 0) is 11.3 Å². The molecule has 126 valence electrons. The molecule has 0 aromatic carbocycles. The molecule has 6 nitrogen and oxygen atoms in total. The van der Waals surface area contributed by atoms with E-state index < -0.39 is 5.60 Å². The highest BCUT2D eigenvalue weighted by atomic mass is 16.6. The van der Waals surface area contributed by atoms with Crippen LogP contribution < -0.4 is 10.6 Å². The van der Waals surface area contributed by atoms with E-state index in [0.717, 1.165) is 18.8 Å². The second kappa shape index (κ2) is 8.17. The van der Waals surface area contributed by atoms with Crippen LogP contribution in [0.1, 0.15) is 45.9 Å². The van der Waals surface area contributed by atoms with E-state index in [9.17, 15) is 4.79 Å². The number of nitrogens with one attached hydrogen (secondary N) is 3. The number of aromatic amines is 1. The number of amides is 1. The minimum atomic E-state index is -0.464. The fourth-order valence-corrected chi connectivity index (χ4v) is 2.02. The van der Waals surface area contributed by atoms with E-state index >= 15 is 0 Å². The molecule has 0 aliphatic rings. The molecule has 1 aromatic rings. The van der Waals surface area contributed by atoms with Crippen molar-refractivity contribution in [1.82, 2.24) is 20.8 Å². The molecular weight excluding hydrogens is 280 g/mol. The summed E-state index contributed by atoms with van der Waals surface area (Å²) in [5.74, 6) is 0.813. The van der Waals surface area contributed by atoms with Gasteiger partial charge in [-0.2, -0.15) is 5.10 Å². The topological polar surface area (TPSA) is 79.0 Å². The second-order valence-corrected chi connectivity index (χ2v) is 7.04. The monoisotopic (exact) mass is 310 g/mol. The number of carbonyl (C=O) groups excluding carboxylic acids is 1. The fourth-order valence-electron chi connectivity index (χ4n) is 2.02. The van der Waals surface area contributed by atoms with Gasteiger partial charge < -0.3 is 15.4 Å². The molecule has 1 heterocycles. The Morgan fingerprint density at radius 2 is 2.05 bits per heavy atom. The van der Waals surface area contributed by atoms with Crippen LogP contribution in [0.2, 0.25) is 0 Å². The van der Waals surface area contributed by atoms with Gasteiger partial charge in [0.2, 0.25) is 0 Å². The van der Waals surface area contributed by atoms with Gasteiger partial charge >= 0.3 is 6.09 Å². The number of nitrogens with zero attached hydrogens (tertiary/aromatic N) is 1. The molecule has 0 saturated carbocycles. The van der Waals surface area contributed by atoms with Crippen LogP contribution in [0.5, 0.6) is 0 Å². The lowest BCUT2D eigenvalue weighted by Gasteiger charge is -2.24. The maximum atomic E-state index is 11.7. The first kappa shape index (κ1) is 18.5. The van der Waals surface area contributed by atoms with Crippen molar-refractivity contribution in [2.45, 2.75) is 53.7 Å². The van der Waals surface area contributed by atoms with E-state index in [1.807, 2.05) is 33.9 Å². The fraction of sp³-hybridized carbons (Fsp3) is 0.750. The molecule has 0 bridgehead atoms. The third-order valence-corrected chi connectivity index (χ3v) is 3.51. The number of ether oxygens (including phenoxy) is 1. The summed E-state index contributed by atoms with van der Waals surface area (Å²) in [6.45, 7) is 14.1. The summed E-state index contributed by atoms with van der Waals surface area (Å²) in [6, 6.07) is 0. The van der Waals surface area contributed by atoms with Gasteiger partial charge in [-0.25, -0.2) is 4.79 Å². The Labute approximate surface area is 133 Å². The van der Waals surface area contributed by atoms with Crippen LogP contribution >= 0.6 is 0 Å². The average Bonchev–Trinajstić information content (AvgIpc) is 2.76. The zero-order chi connectivity index (χ0) is 16.8. The zero-order valence-corrected chi connectivity index (χ0v) is 14.6. The maximum absolute atomic E-state index is 11.7. The normalized spacial score (nSPS) is 13.2. The maximum Gasteiger partial charge on any atom is 0.407 e. The SMILES string of the molecule is Cc1[nH]ncc1CNCC(CNC(=O)OC(C)(C)C)C(C)C. The first-order valence-electron chi connectivity index (χ1n) is 7.85. The van der Waals surface area contributed by atoms with Crippen LogP contribution in [0.25, 0.3) is 0 Å². The molecule has 3 N–H and O–H groups in total. The van der Waals surface area contributed by atoms with Gasteiger partial charge in [-0.05, 0) is 39.5 Å². The number of rotatable bonds is 7. The third-order valence-electron chi connectivity index (χ3n) is 3.51. The first-order chi connectivity index (χ1) is 10.2. The molecule has 0 aliphatic heterocycles. The van der Waals surface area contributed by atoms with E-state index in [0.29, 0.717) is 18.4 Å². The van der Waals surface area contributed by atoms with Gasteiger partial charge in [-0.3, -0.25) is 5.10 Å². The number of hydrogen-bond acceptors (Lipinski definition) is 4. The summed E-state index contributed by atoms with van der Waals surface area (Å²) >= 11 is 0. The number of hydrogen-bond donors (Lipinski definition) is 3. The van der Waals surface area contributed by atoms with Gasteiger partial charge in [0.15, 0.2) is 0 Å². The standard InChI is InChI=1S/C16H30N4O2/c1-11(2)13(9-18-15(21)22-16(4,5)6)7-17-8-14-10-19-20-12(14)3/h10-11,13,17H,7-9H2,1-6H3,(H,18,21)(H,19,20). The highest BCUT2D eigenvalue weighted by Gasteiger charge is 2.19. The minimum absolute atomic E-state index is 0.347. The molecular formula is C16H30N4O2. The lowest BCUT2D eigenvalue weighted by molar-refractivity contribution is 0.0515. The molecule has 1 unspecified atom stereocenters. The third kappa shape index (κ3) is 6.93. The van der Waals surface area contributed by atoms with Crippen LogP contribution in [-0.4, -0.2) is 35.0 Å². The molecule has 6 heteroatoms. The van der Waals surface area contributed by atoms with Crippen molar-refractivity contribution in [2.24, 2.45) is 11.8 Å². The summed E-state index contributed by atoms with van der Waals surface area (Å²) in [4.78, 5) is 11.7. The minimum Gasteiger partial charge on any atom is -0.444 e. The Kier molecular flexibility index (Phi) is 6.87. The van der Waals surface area contributed by atoms with Crippen LogP contribution in [0.3, 0.4) is 0 Å². The van der Waals surface area contributed by atoms with Crippen LogP contribution in [0.15, 0.2) is 6.20 Å². The van der Waals surface area contributed by atoms with Gasteiger partial charge in [0.25, 0.3) is 0 Å². The molecule has 1 aromatic heterocycles. The summed E-state index contributed by atoms with van der Waals surface area (Å²) in [5.41, 5.74) is 1.79. The summed E-state index contributed by atoms with van der Waals surface area (Å²) in [6.07, 6.45) is 1.48. The summed E-state index contributed by atoms with van der Waals surface area (Å²) in [7, 11) is 0. The van der Waals surface area contributed by atoms with Crippen molar-refractivity contribution in [1.29, 1.82) is 0 Å². The Hall–Kier alpha value is -1.56. The second-order valence-electron chi connectivity index (χ2n) is 7.04. The number of aromatic nitrogens is 2. The van der Waals surface area contributed by atoms with Gasteiger partial charge in [0.1, 0.15) is 5.60 Å². The highest BCUT2D eigenvalue weighted by Crippen LogP contribution is 2.11. The smallest absolute Gasteiger partial charge is 0.407 e. The molecule has 0 spiro atoms. The van der Waals surface area contributed by atoms with Crippen molar-refractivity contribution >= 4 is 6.09 Å². The van der Waals surface area contributed by atoms with E-state index in [2.05, 4.69) is 34.7 Å². The number of H-pyrrole nitrogens is 1. The molecule has 1 amide bonds. The number of carbonyl (C=O) groups is 1. The van der Waals surface area contributed by atoms with Gasteiger partial charge in [-0.1, -0.05) is 13.8 Å². The van der Waals surface area contributed by atoms with Crippen molar-refractivity contribution in [2.75, 3.05) is 13.1 Å². The summed E-state index contributed by atoms with van der Waals surface area (Å²) < 4.78 is 5.26. The average molecular weight is 310 g/mol. The predicted octanol–water partition coefficient (Wildman–Crippen LogP) is 2.60. The Morgan fingerprint density at radius 1 is 1.36 bits per heavy atom. The lowest BCUT2D eigenvalue weighted by Crippen LogP contribution is -2.39. The molecule has 0 aliphatic carbocycles. The summed E-state index contributed by atoms with van der Waals surface area (Å²) in [5, 5.41) is 13.2. The van der Waals surface area contributed by atoms with Crippen molar-refractivity contribution in [3.8, 4) is 0 Å². The van der Waals surface area contributed by atoms with Crippen molar-refractivity contribution in [3.05, 3.63) is 17.5 Å². The first-order valence-corrected chi connectivity index (χ1v) is 7.85.